The van der Waals surface area contributed by atoms with E-state index in [9.17, 15) is 18.8 Å². The maximum absolute atomic E-state index is 13.5. The number of aromatic nitrogens is 2. The predicted octanol–water partition coefficient (Wildman–Crippen LogP) is 0.363. The molecule has 0 atom stereocenters. The average Bonchev–Trinajstić information content (AvgIpc) is 2.30. The van der Waals surface area contributed by atoms with Gasteiger partial charge in [0.15, 0.2) is 0 Å². The number of benzene rings is 1. The Morgan fingerprint density at radius 3 is 2.50 bits per heavy atom. The molecule has 0 unspecified atom stereocenters. The minimum atomic E-state index is -1.44. The lowest BCUT2D eigenvalue weighted by atomic mass is 10.3. The van der Waals surface area contributed by atoms with Crippen molar-refractivity contribution in [2.45, 2.75) is 0 Å². The highest BCUT2D eigenvalue weighted by atomic mass is 19.1. The van der Waals surface area contributed by atoms with Crippen LogP contribution in [0.2, 0.25) is 0 Å². The van der Waals surface area contributed by atoms with Crippen LogP contribution < -0.4 is 11.2 Å². The minimum Gasteiger partial charge on any atom is -0.477 e. The summed E-state index contributed by atoms with van der Waals surface area (Å²) in [5.74, 6) is -2.20. The molecule has 1 heterocycles. The SMILES string of the molecule is O=C(O)c1cc(=O)n(-c2ccccc2F)c(=O)[nH]1. The van der Waals surface area contributed by atoms with Crippen LogP contribution in [0.15, 0.2) is 39.9 Å². The molecule has 1 aromatic carbocycles. The first-order chi connectivity index (χ1) is 8.50. The van der Waals surface area contributed by atoms with E-state index in [4.69, 9.17) is 5.11 Å². The first-order valence-electron chi connectivity index (χ1n) is 4.85. The highest BCUT2D eigenvalue weighted by Gasteiger charge is 2.13. The largest absolute Gasteiger partial charge is 0.477 e. The molecule has 0 bridgehead atoms. The number of para-hydroxylation sites is 1. The Bertz CT molecular complexity index is 701. The number of rotatable bonds is 2. The van der Waals surface area contributed by atoms with Crippen molar-refractivity contribution in [2.24, 2.45) is 0 Å². The van der Waals surface area contributed by atoms with Crippen LogP contribution in [0.5, 0.6) is 0 Å². The lowest BCUT2D eigenvalue weighted by Crippen LogP contribution is -2.35. The number of carboxylic acid groups (broad SMARTS) is 1. The van der Waals surface area contributed by atoms with Gasteiger partial charge in [-0.1, -0.05) is 12.1 Å². The van der Waals surface area contributed by atoms with E-state index < -0.39 is 28.7 Å². The number of H-pyrrole nitrogens is 1. The molecule has 0 spiro atoms. The fourth-order valence-electron chi connectivity index (χ4n) is 1.47. The van der Waals surface area contributed by atoms with Gasteiger partial charge in [-0.25, -0.2) is 18.5 Å². The van der Waals surface area contributed by atoms with E-state index in [1.807, 2.05) is 4.98 Å². The molecule has 0 fully saturated rings. The summed E-state index contributed by atoms with van der Waals surface area (Å²) < 4.78 is 14.0. The summed E-state index contributed by atoms with van der Waals surface area (Å²) in [4.78, 5) is 35.8. The summed E-state index contributed by atoms with van der Waals surface area (Å²) in [7, 11) is 0. The third kappa shape index (κ3) is 1.93. The molecule has 1 aromatic heterocycles. The van der Waals surface area contributed by atoms with E-state index in [2.05, 4.69) is 0 Å². The van der Waals surface area contributed by atoms with Gasteiger partial charge in [-0.05, 0) is 12.1 Å². The number of hydrogen-bond acceptors (Lipinski definition) is 3. The van der Waals surface area contributed by atoms with E-state index in [0.717, 1.165) is 12.1 Å². The molecule has 0 saturated carbocycles. The standard InChI is InChI=1S/C11H7FN2O4/c12-6-3-1-2-4-8(6)14-9(15)5-7(10(16)17)13-11(14)18/h1-5H,(H,13,18)(H,16,17). The van der Waals surface area contributed by atoms with Gasteiger partial charge in [-0.15, -0.1) is 0 Å². The van der Waals surface area contributed by atoms with Crippen molar-refractivity contribution in [1.29, 1.82) is 0 Å². The second-order valence-corrected chi connectivity index (χ2v) is 3.42. The van der Waals surface area contributed by atoms with Crippen molar-refractivity contribution in [1.82, 2.24) is 9.55 Å². The Morgan fingerprint density at radius 1 is 1.28 bits per heavy atom. The third-order valence-corrected chi connectivity index (χ3v) is 2.26. The normalized spacial score (nSPS) is 10.3. The van der Waals surface area contributed by atoms with Crippen LogP contribution in [-0.4, -0.2) is 20.6 Å². The van der Waals surface area contributed by atoms with E-state index in [1.54, 1.807) is 0 Å². The zero-order chi connectivity index (χ0) is 13.3. The minimum absolute atomic E-state index is 0.235. The molecule has 0 aliphatic carbocycles. The number of hydrogen-bond donors (Lipinski definition) is 2. The maximum Gasteiger partial charge on any atom is 0.352 e. The highest BCUT2D eigenvalue weighted by molar-refractivity contribution is 5.84. The topological polar surface area (TPSA) is 92.2 Å². The van der Waals surface area contributed by atoms with Crippen LogP contribution in [0.25, 0.3) is 5.69 Å². The van der Waals surface area contributed by atoms with E-state index in [-0.39, 0.29) is 5.69 Å². The molecule has 0 amide bonds. The molecule has 0 saturated heterocycles. The van der Waals surface area contributed by atoms with Crippen LogP contribution >= 0.6 is 0 Å². The van der Waals surface area contributed by atoms with Crippen LogP contribution in [0, 0.1) is 5.82 Å². The molecule has 2 rings (SSSR count). The molecule has 0 aliphatic heterocycles. The molecule has 7 heteroatoms. The number of nitrogens with one attached hydrogen (secondary N) is 1. The smallest absolute Gasteiger partial charge is 0.352 e. The molecule has 6 nitrogen and oxygen atoms in total. The molecule has 18 heavy (non-hydrogen) atoms. The second-order valence-electron chi connectivity index (χ2n) is 3.42. The summed E-state index contributed by atoms with van der Waals surface area (Å²) in [5, 5.41) is 8.66. The number of nitrogens with zero attached hydrogens (tertiary/aromatic N) is 1. The first-order valence-corrected chi connectivity index (χ1v) is 4.85. The van der Waals surface area contributed by atoms with Gasteiger partial charge in [0.1, 0.15) is 11.5 Å². The molecule has 92 valence electrons. The maximum atomic E-state index is 13.5. The molecular weight excluding hydrogens is 243 g/mol. The van der Waals surface area contributed by atoms with Crippen LogP contribution in [0.4, 0.5) is 4.39 Å². The molecule has 2 aromatic rings. The number of carboxylic acids is 1. The fourth-order valence-corrected chi connectivity index (χ4v) is 1.47. The van der Waals surface area contributed by atoms with Crippen LogP contribution in [0.3, 0.4) is 0 Å². The van der Waals surface area contributed by atoms with Gasteiger partial charge < -0.3 is 10.1 Å². The zero-order valence-electron chi connectivity index (χ0n) is 8.88. The van der Waals surface area contributed by atoms with Crippen molar-refractivity contribution >= 4 is 5.97 Å². The number of aromatic carboxylic acids is 1. The Hall–Kier alpha value is -2.70. The quantitative estimate of drug-likeness (QED) is 0.805. The van der Waals surface area contributed by atoms with Crippen molar-refractivity contribution in [3.8, 4) is 5.69 Å². The van der Waals surface area contributed by atoms with Gasteiger partial charge >= 0.3 is 11.7 Å². The summed E-state index contributed by atoms with van der Waals surface area (Å²) in [6.45, 7) is 0. The van der Waals surface area contributed by atoms with Crippen LogP contribution in [0.1, 0.15) is 10.5 Å². The molecule has 0 aliphatic rings. The molecular formula is C11H7FN2O4. The van der Waals surface area contributed by atoms with Crippen LogP contribution in [-0.2, 0) is 0 Å². The van der Waals surface area contributed by atoms with Crippen molar-refractivity contribution in [3.05, 3.63) is 62.7 Å². The molecule has 2 N–H and O–H groups in total. The Morgan fingerprint density at radius 2 is 1.94 bits per heavy atom. The van der Waals surface area contributed by atoms with Gasteiger partial charge in [0.2, 0.25) is 0 Å². The summed E-state index contributed by atoms with van der Waals surface area (Å²) in [6.07, 6.45) is 0. The number of aromatic amines is 1. The van der Waals surface area contributed by atoms with E-state index in [0.29, 0.717) is 4.57 Å². The first kappa shape index (κ1) is 11.8. The van der Waals surface area contributed by atoms with Gasteiger partial charge in [0, 0.05) is 6.07 Å². The highest BCUT2D eigenvalue weighted by Crippen LogP contribution is 2.07. The molecule has 0 radical (unpaired) electrons. The summed E-state index contributed by atoms with van der Waals surface area (Å²) >= 11 is 0. The summed E-state index contributed by atoms with van der Waals surface area (Å²) in [5.41, 5.74) is -2.70. The zero-order valence-corrected chi connectivity index (χ0v) is 8.88. The van der Waals surface area contributed by atoms with Gasteiger partial charge in [0.25, 0.3) is 5.56 Å². The average molecular weight is 250 g/mol. The van der Waals surface area contributed by atoms with Crippen molar-refractivity contribution in [3.63, 3.8) is 0 Å². The Kier molecular flexibility index (Phi) is 2.80. The van der Waals surface area contributed by atoms with E-state index in [1.165, 1.54) is 18.2 Å². The fraction of sp³-hybridized carbons (Fsp3) is 0. The lowest BCUT2D eigenvalue weighted by Gasteiger charge is -2.05. The lowest BCUT2D eigenvalue weighted by molar-refractivity contribution is 0.0689. The second kappa shape index (κ2) is 4.28. The van der Waals surface area contributed by atoms with Crippen molar-refractivity contribution in [2.75, 3.05) is 0 Å². The van der Waals surface area contributed by atoms with Gasteiger partial charge in [-0.2, -0.15) is 0 Å². The predicted molar refractivity (Wildman–Crippen MR) is 59.6 cm³/mol. The summed E-state index contributed by atoms with van der Waals surface area (Å²) in [6, 6.07) is 5.91. The van der Waals surface area contributed by atoms with Gasteiger partial charge in [0.05, 0.1) is 5.69 Å². The monoisotopic (exact) mass is 250 g/mol. The number of halogens is 1. The van der Waals surface area contributed by atoms with E-state index >= 15 is 0 Å². The number of carbonyl (C=O) groups is 1. The Labute approximate surface area is 98.9 Å². The third-order valence-electron chi connectivity index (χ3n) is 2.26. The van der Waals surface area contributed by atoms with Gasteiger partial charge in [-0.3, -0.25) is 4.79 Å². The Balaban J connectivity index is 2.75. The van der Waals surface area contributed by atoms with Crippen molar-refractivity contribution < 1.29 is 14.3 Å².